The zero-order valence-electron chi connectivity index (χ0n) is 14.5. The highest BCUT2D eigenvalue weighted by molar-refractivity contribution is 5.94. The van der Waals surface area contributed by atoms with Crippen molar-refractivity contribution in [3.05, 3.63) is 70.8 Å². The molecule has 1 unspecified atom stereocenters. The Morgan fingerprint density at radius 3 is 2.68 bits per heavy atom. The van der Waals surface area contributed by atoms with Gasteiger partial charge in [-0.3, -0.25) is 9.59 Å². The van der Waals surface area contributed by atoms with Crippen LogP contribution in [-0.4, -0.2) is 11.8 Å². The van der Waals surface area contributed by atoms with Crippen molar-refractivity contribution in [2.75, 3.05) is 5.32 Å². The lowest BCUT2D eigenvalue weighted by atomic mass is 9.98. The van der Waals surface area contributed by atoms with Crippen LogP contribution in [0.5, 0.6) is 0 Å². The van der Waals surface area contributed by atoms with Crippen LogP contribution in [0, 0.1) is 6.92 Å². The maximum absolute atomic E-state index is 12.1. The van der Waals surface area contributed by atoms with Crippen molar-refractivity contribution in [2.45, 2.75) is 32.7 Å². The van der Waals surface area contributed by atoms with Crippen molar-refractivity contribution in [2.24, 2.45) is 0 Å². The Morgan fingerprint density at radius 1 is 1.16 bits per heavy atom. The number of amides is 2. The first-order valence-electron chi connectivity index (χ1n) is 8.49. The Bertz CT molecular complexity index is 822. The van der Waals surface area contributed by atoms with Crippen LogP contribution in [0.1, 0.15) is 41.6 Å². The second-order valence-corrected chi connectivity index (χ2v) is 6.44. The van der Waals surface area contributed by atoms with Gasteiger partial charge in [-0.05, 0) is 49.1 Å². The van der Waals surface area contributed by atoms with E-state index in [1.165, 1.54) is 5.56 Å². The van der Waals surface area contributed by atoms with Gasteiger partial charge in [0.1, 0.15) is 0 Å². The first kappa shape index (κ1) is 17.0. The van der Waals surface area contributed by atoms with Crippen molar-refractivity contribution in [3.8, 4) is 0 Å². The SMILES string of the molecule is Cc1ccc(C=CC(=O)NC(C)c2ccc3c(c2)CCC(=O)N3)cc1. The number of hydrogen-bond donors (Lipinski definition) is 2. The van der Waals surface area contributed by atoms with E-state index >= 15 is 0 Å². The summed E-state index contributed by atoms with van der Waals surface area (Å²) in [6.07, 6.45) is 4.61. The van der Waals surface area contributed by atoms with Gasteiger partial charge in [-0.1, -0.05) is 42.0 Å². The maximum atomic E-state index is 12.1. The summed E-state index contributed by atoms with van der Waals surface area (Å²) in [6, 6.07) is 13.8. The van der Waals surface area contributed by atoms with E-state index in [2.05, 4.69) is 16.7 Å². The summed E-state index contributed by atoms with van der Waals surface area (Å²) < 4.78 is 0. The molecule has 1 heterocycles. The standard InChI is InChI=1S/C21H22N2O2/c1-14-3-5-16(6-4-14)7-11-20(24)22-15(2)17-8-10-19-18(13-17)9-12-21(25)23-19/h3-8,10-11,13,15H,9,12H2,1-2H3,(H,22,24)(H,23,25). The number of carbonyl (C=O) groups excluding carboxylic acids is 2. The van der Waals surface area contributed by atoms with Gasteiger partial charge >= 0.3 is 0 Å². The van der Waals surface area contributed by atoms with Gasteiger partial charge in [0.05, 0.1) is 6.04 Å². The van der Waals surface area contributed by atoms with Crippen molar-refractivity contribution >= 4 is 23.6 Å². The van der Waals surface area contributed by atoms with Crippen molar-refractivity contribution in [1.29, 1.82) is 0 Å². The van der Waals surface area contributed by atoms with E-state index in [1.807, 2.05) is 56.3 Å². The molecular formula is C21H22N2O2. The highest BCUT2D eigenvalue weighted by Crippen LogP contribution is 2.26. The lowest BCUT2D eigenvalue weighted by Crippen LogP contribution is -2.25. The molecule has 1 atom stereocenters. The van der Waals surface area contributed by atoms with E-state index in [0.29, 0.717) is 6.42 Å². The van der Waals surface area contributed by atoms with Crippen LogP contribution in [0.4, 0.5) is 5.69 Å². The van der Waals surface area contributed by atoms with Crippen molar-refractivity contribution in [3.63, 3.8) is 0 Å². The van der Waals surface area contributed by atoms with Crippen LogP contribution < -0.4 is 10.6 Å². The third kappa shape index (κ3) is 4.35. The molecule has 2 aromatic carbocycles. The Balaban J connectivity index is 1.63. The molecule has 0 bridgehead atoms. The molecule has 0 aromatic heterocycles. The molecule has 0 radical (unpaired) electrons. The van der Waals surface area contributed by atoms with Crippen LogP contribution in [0.2, 0.25) is 0 Å². The second kappa shape index (κ2) is 7.34. The fourth-order valence-electron chi connectivity index (χ4n) is 2.87. The maximum Gasteiger partial charge on any atom is 0.244 e. The largest absolute Gasteiger partial charge is 0.346 e. The van der Waals surface area contributed by atoms with E-state index in [4.69, 9.17) is 0 Å². The summed E-state index contributed by atoms with van der Waals surface area (Å²) in [6.45, 7) is 3.99. The Morgan fingerprint density at radius 2 is 1.92 bits per heavy atom. The molecule has 4 heteroatoms. The minimum absolute atomic E-state index is 0.0582. The molecule has 2 N–H and O–H groups in total. The van der Waals surface area contributed by atoms with Crippen LogP contribution in [0.15, 0.2) is 48.5 Å². The molecular weight excluding hydrogens is 312 g/mol. The summed E-state index contributed by atoms with van der Waals surface area (Å²) in [4.78, 5) is 23.6. The number of hydrogen-bond acceptors (Lipinski definition) is 2. The van der Waals surface area contributed by atoms with Gasteiger partial charge in [0.25, 0.3) is 0 Å². The smallest absolute Gasteiger partial charge is 0.244 e. The first-order valence-corrected chi connectivity index (χ1v) is 8.49. The molecule has 0 spiro atoms. The summed E-state index contributed by atoms with van der Waals surface area (Å²) in [5.41, 5.74) is 5.22. The molecule has 1 aliphatic rings. The molecule has 0 saturated carbocycles. The summed E-state index contributed by atoms with van der Waals surface area (Å²) in [5, 5.41) is 5.85. The van der Waals surface area contributed by atoms with E-state index in [1.54, 1.807) is 6.08 Å². The normalized spacial score (nSPS) is 14.7. The minimum Gasteiger partial charge on any atom is -0.346 e. The van der Waals surface area contributed by atoms with Crippen LogP contribution >= 0.6 is 0 Å². The van der Waals surface area contributed by atoms with Crippen LogP contribution in [0.25, 0.3) is 6.08 Å². The summed E-state index contributed by atoms with van der Waals surface area (Å²) in [7, 11) is 0. The minimum atomic E-state index is -0.126. The molecule has 2 aromatic rings. The lowest BCUT2D eigenvalue weighted by molar-refractivity contribution is -0.117. The number of aryl methyl sites for hydroxylation is 2. The Hall–Kier alpha value is -2.88. The van der Waals surface area contributed by atoms with Gasteiger partial charge in [-0.15, -0.1) is 0 Å². The lowest BCUT2D eigenvalue weighted by Gasteiger charge is -2.20. The third-order valence-electron chi connectivity index (χ3n) is 4.39. The van der Waals surface area contributed by atoms with E-state index < -0.39 is 0 Å². The zero-order valence-corrected chi connectivity index (χ0v) is 14.5. The molecule has 25 heavy (non-hydrogen) atoms. The summed E-state index contributed by atoms with van der Waals surface area (Å²) in [5.74, 6) is -0.0676. The van der Waals surface area contributed by atoms with Gasteiger partial charge in [0.2, 0.25) is 11.8 Å². The fourth-order valence-corrected chi connectivity index (χ4v) is 2.87. The zero-order chi connectivity index (χ0) is 17.8. The monoisotopic (exact) mass is 334 g/mol. The third-order valence-corrected chi connectivity index (χ3v) is 4.39. The average molecular weight is 334 g/mol. The summed E-state index contributed by atoms with van der Waals surface area (Å²) >= 11 is 0. The van der Waals surface area contributed by atoms with E-state index in [9.17, 15) is 9.59 Å². The number of benzene rings is 2. The van der Waals surface area contributed by atoms with Gasteiger partial charge in [0, 0.05) is 18.2 Å². The van der Waals surface area contributed by atoms with Gasteiger partial charge < -0.3 is 10.6 Å². The Kier molecular flexibility index (Phi) is 4.98. The predicted octanol–water partition coefficient (Wildman–Crippen LogP) is 3.77. The molecule has 0 aliphatic carbocycles. The quantitative estimate of drug-likeness (QED) is 0.836. The molecule has 128 valence electrons. The van der Waals surface area contributed by atoms with Gasteiger partial charge in [-0.25, -0.2) is 0 Å². The molecule has 2 amide bonds. The topological polar surface area (TPSA) is 58.2 Å². The molecule has 0 saturated heterocycles. The highest BCUT2D eigenvalue weighted by Gasteiger charge is 2.16. The predicted molar refractivity (Wildman–Crippen MR) is 100 cm³/mol. The fraction of sp³-hybridized carbons (Fsp3) is 0.238. The molecule has 0 fully saturated rings. The first-order chi connectivity index (χ1) is 12.0. The molecule has 3 rings (SSSR count). The molecule has 1 aliphatic heterocycles. The number of carbonyl (C=O) groups is 2. The number of rotatable bonds is 4. The van der Waals surface area contributed by atoms with Crippen molar-refractivity contribution < 1.29 is 9.59 Å². The van der Waals surface area contributed by atoms with Crippen molar-refractivity contribution in [1.82, 2.24) is 5.32 Å². The van der Waals surface area contributed by atoms with Crippen LogP contribution in [0.3, 0.4) is 0 Å². The Labute approximate surface area is 148 Å². The number of fused-ring (bicyclic) bond motifs is 1. The van der Waals surface area contributed by atoms with Gasteiger partial charge in [0.15, 0.2) is 0 Å². The number of anilines is 1. The van der Waals surface area contributed by atoms with Crippen LogP contribution in [-0.2, 0) is 16.0 Å². The number of nitrogens with one attached hydrogen (secondary N) is 2. The van der Waals surface area contributed by atoms with Gasteiger partial charge in [-0.2, -0.15) is 0 Å². The average Bonchev–Trinajstić information content (AvgIpc) is 2.60. The second-order valence-electron chi connectivity index (χ2n) is 6.44. The molecule has 4 nitrogen and oxygen atoms in total. The van der Waals surface area contributed by atoms with E-state index in [0.717, 1.165) is 28.8 Å². The van der Waals surface area contributed by atoms with E-state index in [-0.39, 0.29) is 17.9 Å². The highest BCUT2D eigenvalue weighted by atomic mass is 16.2.